The molecule has 2 rings (SSSR count). The van der Waals surface area contributed by atoms with E-state index in [1.165, 1.54) is 12.2 Å². The maximum Gasteiger partial charge on any atom is 0.186 e. The zero-order valence-electron chi connectivity index (χ0n) is 14.7. The zero-order valence-corrected chi connectivity index (χ0v) is 11.3. The van der Waals surface area contributed by atoms with Crippen LogP contribution < -0.4 is 0 Å². The summed E-state index contributed by atoms with van der Waals surface area (Å²) in [6, 6.07) is 3.33. The molecule has 1 nitrogen and oxygen atoms in total. The summed E-state index contributed by atoms with van der Waals surface area (Å²) in [7, 11) is 0. The highest BCUT2D eigenvalue weighted by atomic mass is 79.9. The highest BCUT2D eigenvalue weighted by molar-refractivity contribution is 9.10. The molecule has 18 heavy (non-hydrogen) atoms. The molecule has 0 N–H and O–H groups in total. The van der Waals surface area contributed by atoms with Gasteiger partial charge in [0.2, 0.25) is 0 Å². The first-order valence-corrected chi connectivity index (χ1v) is 6.08. The molecule has 0 saturated carbocycles. The van der Waals surface area contributed by atoms with E-state index in [0.717, 1.165) is 5.56 Å². The van der Waals surface area contributed by atoms with Crippen molar-refractivity contribution in [2.24, 2.45) is 0 Å². The summed E-state index contributed by atoms with van der Waals surface area (Å²) in [4.78, 5) is 12.2. The Morgan fingerprint density at radius 1 is 1.28 bits per heavy atom. The average molecular weight is 306 g/mol. The Morgan fingerprint density at radius 3 is 2.67 bits per heavy atom. The first kappa shape index (κ1) is 7.70. The fourth-order valence-corrected chi connectivity index (χ4v) is 2.10. The van der Waals surface area contributed by atoms with Gasteiger partial charge in [0.15, 0.2) is 5.78 Å². The monoisotopic (exact) mass is 305 g/mol. The van der Waals surface area contributed by atoms with Crippen molar-refractivity contribution in [1.82, 2.24) is 0 Å². The van der Waals surface area contributed by atoms with Crippen LogP contribution in [-0.4, -0.2) is 5.78 Å². The van der Waals surface area contributed by atoms with Crippen molar-refractivity contribution in [2.75, 3.05) is 0 Å². The van der Waals surface area contributed by atoms with Crippen LogP contribution >= 0.6 is 15.9 Å². The molecule has 0 saturated heterocycles. The lowest BCUT2D eigenvalue weighted by Crippen LogP contribution is -1.95. The lowest BCUT2D eigenvalue weighted by atomic mass is 10.1. The van der Waals surface area contributed by atoms with Crippen LogP contribution in [0.3, 0.4) is 0 Å². The van der Waals surface area contributed by atoms with Gasteiger partial charge in [-0.1, -0.05) is 58.3 Å². The number of benzene rings is 2. The van der Waals surface area contributed by atoms with Gasteiger partial charge in [-0.2, -0.15) is 0 Å². The number of ketones is 1. The van der Waals surface area contributed by atoms with Gasteiger partial charge in [0.1, 0.15) is 0 Å². The van der Waals surface area contributed by atoms with Gasteiger partial charge in [0.25, 0.3) is 0 Å². The maximum absolute atomic E-state index is 12.2. The minimum atomic E-state index is -0.454. The lowest BCUT2D eigenvalue weighted by molar-refractivity contribution is 0.104. The second kappa shape index (κ2) is 5.78. The highest BCUT2D eigenvalue weighted by Crippen LogP contribution is 2.19. The molecule has 0 aromatic heterocycles. The molecule has 0 heterocycles. The minimum absolute atomic E-state index is 0.00687. The Labute approximate surface area is 122 Å². The molecule has 0 aliphatic rings. The van der Waals surface area contributed by atoms with Crippen molar-refractivity contribution < 1.29 is 11.6 Å². The normalized spacial score (nSPS) is 14.7. The molecular formula is C16H13BrO. The van der Waals surface area contributed by atoms with Gasteiger partial charge >= 0.3 is 0 Å². The third-order valence-electron chi connectivity index (χ3n) is 2.31. The van der Waals surface area contributed by atoms with Crippen molar-refractivity contribution in [3.05, 3.63) is 75.7 Å². The predicted molar refractivity (Wildman–Crippen MR) is 78.7 cm³/mol. The average Bonchev–Trinajstić information content (AvgIpc) is 2.50. The third kappa shape index (κ3) is 3.17. The molecule has 0 spiro atoms. The molecule has 2 aromatic rings. The maximum atomic E-state index is 12.2. The second-order valence-electron chi connectivity index (χ2n) is 3.72. The highest BCUT2D eigenvalue weighted by Gasteiger charge is 2.06. The molecule has 0 atom stereocenters. The molecule has 0 aliphatic heterocycles. The number of carbonyl (C=O) groups is 1. The van der Waals surface area contributed by atoms with Crippen LogP contribution in [0.5, 0.6) is 0 Å². The summed E-state index contributed by atoms with van der Waals surface area (Å²) in [5.41, 5.74) is 1.44. The van der Waals surface area contributed by atoms with Gasteiger partial charge in [-0.05, 0) is 36.3 Å². The number of rotatable bonds is 3. The van der Waals surface area contributed by atoms with Crippen LogP contribution in [0.4, 0.5) is 0 Å². The van der Waals surface area contributed by atoms with Crippen molar-refractivity contribution in [3.63, 3.8) is 0 Å². The number of hydrogen-bond donors (Lipinski definition) is 0. The van der Waals surface area contributed by atoms with E-state index >= 15 is 0 Å². The Hall–Kier alpha value is -1.67. The van der Waals surface area contributed by atoms with Crippen molar-refractivity contribution in [2.45, 2.75) is 6.92 Å². The van der Waals surface area contributed by atoms with Crippen LogP contribution in [0, 0.1) is 6.92 Å². The Kier molecular flexibility index (Phi) is 2.47. The molecule has 0 bridgehead atoms. The van der Waals surface area contributed by atoms with Gasteiger partial charge < -0.3 is 0 Å². The predicted octanol–water partition coefficient (Wildman–Crippen LogP) is 4.65. The molecule has 0 aliphatic carbocycles. The van der Waals surface area contributed by atoms with Gasteiger partial charge in [0, 0.05) is 10.0 Å². The first-order valence-electron chi connectivity index (χ1n) is 7.79. The van der Waals surface area contributed by atoms with E-state index in [9.17, 15) is 4.79 Å². The van der Waals surface area contributed by atoms with Crippen LogP contribution in [-0.2, 0) is 0 Å². The largest absolute Gasteiger partial charge is 0.289 e. The van der Waals surface area contributed by atoms with Crippen LogP contribution in [0.25, 0.3) is 6.08 Å². The summed E-state index contributed by atoms with van der Waals surface area (Å²) in [5.74, 6) is -0.316. The molecular weight excluding hydrogens is 288 g/mol. The second-order valence-corrected chi connectivity index (χ2v) is 4.57. The lowest BCUT2D eigenvalue weighted by Gasteiger charge is -2.01. The fraction of sp³-hybridized carbons (Fsp3) is 0.0625. The van der Waals surface area contributed by atoms with Crippen molar-refractivity contribution >= 4 is 27.8 Å². The zero-order chi connectivity index (χ0) is 17.3. The summed E-state index contributed by atoms with van der Waals surface area (Å²) in [6.07, 6.45) is 2.47. The van der Waals surface area contributed by atoms with Crippen molar-refractivity contribution in [3.8, 4) is 0 Å². The van der Waals surface area contributed by atoms with Gasteiger partial charge in [-0.25, -0.2) is 0 Å². The van der Waals surface area contributed by atoms with E-state index in [0.29, 0.717) is 10.0 Å². The molecule has 2 aromatic carbocycles. The van der Waals surface area contributed by atoms with Crippen LogP contribution in [0.1, 0.15) is 28.3 Å². The molecule has 0 fully saturated rings. The number of halogens is 1. The first-order chi connectivity index (χ1) is 10.7. The fourth-order valence-electron chi connectivity index (χ4n) is 1.41. The van der Waals surface area contributed by atoms with E-state index in [-0.39, 0.29) is 23.4 Å². The third-order valence-corrected chi connectivity index (χ3v) is 2.97. The summed E-state index contributed by atoms with van der Waals surface area (Å²) >= 11 is 3.32. The standard InChI is InChI=1S/C16H13BrO/c1-12-7-9-14(15(17)11-12)16(18)10-8-13-5-3-2-4-6-13/h2-11H,1H3/b10-8+/i2D,3D,4D,5D,6D. The molecule has 0 amide bonds. The van der Waals surface area contributed by atoms with Crippen LogP contribution in [0.15, 0.2) is 59.0 Å². The topological polar surface area (TPSA) is 17.1 Å². The van der Waals surface area contributed by atoms with E-state index in [1.807, 2.05) is 13.0 Å². The summed E-state index contributed by atoms with van der Waals surface area (Å²) in [6.45, 7) is 1.90. The molecule has 0 unspecified atom stereocenters. The minimum Gasteiger partial charge on any atom is -0.289 e. The van der Waals surface area contributed by atoms with E-state index in [2.05, 4.69) is 15.9 Å². The number of aryl methyl sites for hydroxylation is 1. The summed E-state index contributed by atoms with van der Waals surface area (Å²) < 4.78 is 39.0. The Balaban J connectivity index is 2.43. The van der Waals surface area contributed by atoms with Gasteiger partial charge in [-0.3, -0.25) is 4.79 Å². The van der Waals surface area contributed by atoms with Crippen molar-refractivity contribution in [1.29, 1.82) is 0 Å². The van der Waals surface area contributed by atoms with E-state index in [1.54, 1.807) is 12.1 Å². The van der Waals surface area contributed by atoms with Gasteiger partial charge in [-0.15, -0.1) is 0 Å². The van der Waals surface area contributed by atoms with E-state index in [4.69, 9.17) is 6.85 Å². The number of hydrogen-bond acceptors (Lipinski definition) is 1. The van der Waals surface area contributed by atoms with Crippen LogP contribution in [0.2, 0.25) is 0 Å². The SMILES string of the molecule is [2H]c1c([2H])c([2H])c(/C=C/C(=O)c2ccc(C)cc2Br)c([2H])c1[2H]. The molecule has 2 heteroatoms. The summed E-state index contributed by atoms with van der Waals surface area (Å²) in [5, 5.41) is 0. The number of carbonyl (C=O) groups excluding carboxylic acids is 1. The van der Waals surface area contributed by atoms with Gasteiger partial charge in [0.05, 0.1) is 6.85 Å². The Morgan fingerprint density at radius 2 is 2.00 bits per heavy atom. The number of allylic oxidation sites excluding steroid dienone is 1. The smallest absolute Gasteiger partial charge is 0.186 e. The van der Waals surface area contributed by atoms with E-state index < -0.39 is 18.1 Å². The molecule has 90 valence electrons. The Bertz CT molecular complexity index is 801. The molecule has 0 radical (unpaired) electrons. The quantitative estimate of drug-likeness (QED) is 0.596.